The number of fused-ring (bicyclic) bond motifs is 3. The fourth-order valence-corrected chi connectivity index (χ4v) is 4.08. The summed E-state index contributed by atoms with van der Waals surface area (Å²) in [4.78, 5) is 23.4. The molecule has 0 fully saturated rings. The average Bonchev–Trinajstić information content (AvgIpc) is 3.14. The third kappa shape index (κ3) is 4.52. The highest BCUT2D eigenvalue weighted by atomic mass is 16.5. The van der Waals surface area contributed by atoms with Gasteiger partial charge in [0.05, 0.1) is 0 Å². The number of phenols is 1. The van der Waals surface area contributed by atoms with Crippen LogP contribution in [0.15, 0.2) is 66.7 Å². The van der Waals surface area contributed by atoms with Crippen LogP contribution in [0.1, 0.15) is 39.1 Å². The number of aromatic hydroxyl groups is 1. The molecule has 1 amide bonds. The molecule has 0 radical (unpaired) electrons. The lowest BCUT2D eigenvalue weighted by Crippen LogP contribution is -2.36. The van der Waals surface area contributed by atoms with Gasteiger partial charge in [-0.2, -0.15) is 0 Å². The van der Waals surface area contributed by atoms with Gasteiger partial charge in [-0.05, 0) is 39.9 Å². The van der Waals surface area contributed by atoms with E-state index < -0.39 is 35.6 Å². The minimum atomic E-state index is -1.47. The molecule has 170 valence electrons. The van der Waals surface area contributed by atoms with Crippen molar-refractivity contribution < 1.29 is 34.8 Å². The second kappa shape index (κ2) is 9.32. The number of aromatic carboxylic acids is 1. The Kier molecular flexibility index (Phi) is 6.30. The van der Waals surface area contributed by atoms with Gasteiger partial charge < -0.3 is 30.5 Å². The third-order valence-electron chi connectivity index (χ3n) is 5.76. The molecule has 0 saturated carbocycles. The van der Waals surface area contributed by atoms with Crippen LogP contribution < -0.4 is 5.32 Å². The maximum absolute atomic E-state index is 12.2. The summed E-state index contributed by atoms with van der Waals surface area (Å²) in [6.45, 7) is -0.209. The van der Waals surface area contributed by atoms with Crippen molar-refractivity contribution in [3.05, 3.63) is 89.0 Å². The number of hydrogen-bond donors (Lipinski definition) is 5. The van der Waals surface area contributed by atoms with Crippen molar-refractivity contribution in [1.82, 2.24) is 5.32 Å². The van der Waals surface area contributed by atoms with E-state index in [1.165, 1.54) is 6.07 Å². The summed E-state index contributed by atoms with van der Waals surface area (Å²) in [5, 5.41) is 41.6. The maximum atomic E-state index is 12.2. The van der Waals surface area contributed by atoms with Crippen LogP contribution >= 0.6 is 0 Å². The van der Waals surface area contributed by atoms with Crippen LogP contribution in [0, 0.1) is 0 Å². The Hall–Kier alpha value is -3.88. The number of nitrogens with one attached hydrogen (secondary N) is 1. The van der Waals surface area contributed by atoms with Gasteiger partial charge in [0.2, 0.25) is 0 Å². The number of amides is 1. The average molecular weight is 449 g/mol. The number of carboxylic acids is 1. The largest absolute Gasteiger partial charge is 0.507 e. The van der Waals surface area contributed by atoms with E-state index >= 15 is 0 Å². The van der Waals surface area contributed by atoms with Gasteiger partial charge in [-0.3, -0.25) is 0 Å². The van der Waals surface area contributed by atoms with Gasteiger partial charge in [-0.25, -0.2) is 9.59 Å². The van der Waals surface area contributed by atoms with E-state index in [0.717, 1.165) is 34.4 Å². The molecule has 0 aromatic heterocycles. The summed E-state index contributed by atoms with van der Waals surface area (Å²) in [5.74, 6) is -1.93. The standard InChI is InChI=1S/C25H23NO7/c27-21-10-9-14(11-19(21)24(30)31)23(29)22(28)12-26-25(32)33-13-20-17-7-3-1-5-15(17)16-6-2-4-8-18(16)20/h1-11,20,22-23,27-29H,12-13H2,(H,26,32)(H,30,31). The number of hydrogen-bond acceptors (Lipinski definition) is 6. The molecule has 5 N–H and O–H groups in total. The summed E-state index contributed by atoms with van der Waals surface area (Å²) < 4.78 is 5.39. The van der Waals surface area contributed by atoms with Crippen molar-refractivity contribution in [3.63, 3.8) is 0 Å². The molecule has 1 aliphatic rings. The fourth-order valence-electron chi connectivity index (χ4n) is 4.08. The highest BCUT2D eigenvalue weighted by Gasteiger charge is 2.29. The first-order valence-corrected chi connectivity index (χ1v) is 10.4. The van der Waals surface area contributed by atoms with Gasteiger partial charge in [0.15, 0.2) is 0 Å². The number of aliphatic hydroxyl groups excluding tert-OH is 2. The van der Waals surface area contributed by atoms with Crippen LogP contribution in [-0.2, 0) is 4.74 Å². The Morgan fingerprint density at radius 3 is 2.15 bits per heavy atom. The monoisotopic (exact) mass is 449 g/mol. The van der Waals surface area contributed by atoms with Crippen molar-refractivity contribution in [3.8, 4) is 16.9 Å². The number of alkyl carbamates (subject to hydrolysis) is 1. The van der Waals surface area contributed by atoms with Crippen LogP contribution in [0.4, 0.5) is 4.79 Å². The molecule has 0 heterocycles. The number of carbonyl (C=O) groups excluding carboxylic acids is 1. The molecule has 2 atom stereocenters. The maximum Gasteiger partial charge on any atom is 0.407 e. The SMILES string of the molecule is O=C(NCC(O)C(O)c1ccc(O)c(C(=O)O)c1)OCC1c2ccccc2-c2ccccc21. The normalized spacial score (nSPS) is 14.1. The van der Waals surface area contributed by atoms with Gasteiger partial charge in [0, 0.05) is 12.5 Å². The van der Waals surface area contributed by atoms with E-state index in [-0.39, 0.29) is 24.6 Å². The van der Waals surface area contributed by atoms with Crippen molar-refractivity contribution in [2.24, 2.45) is 0 Å². The zero-order valence-corrected chi connectivity index (χ0v) is 17.5. The van der Waals surface area contributed by atoms with Gasteiger partial charge in [-0.1, -0.05) is 54.6 Å². The Labute approximate surface area is 189 Å². The number of ether oxygens (including phenoxy) is 1. The molecule has 0 spiro atoms. The van der Waals surface area contributed by atoms with Crippen molar-refractivity contribution in [2.45, 2.75) is 18.1 Å². The van der Waals surface area contributed by atoms with Gasteiger partial charge >= 0.3 is 12.1 Å². The predicted molar refractivity (Wildman–Crippen MR) is 119 cm³/mol. The van der Waals surface area contributed by atoms with Crippen molar-refractivity contribution >= 4 is 12.1 Å². The van der Waals surface area contributed by atoms with Crippen LogP contribution in [-0.4, -0.2) is 51.7 Å². The van der Waals surface area contributed by atoms with E-state index in [9.17, 15) is 24.9 Å². The lowest BCUT2D eigenvalue weighted by Gasteiger charge is -2.20. The summed E-state index contributed by atoms with van der Waals surface area (Å²) in [7, 11) is 0. The first kappa shape index (κ1) is 22.3. The van der Waals surface area contributed by atoms with Crippen LogP contribution in [0.2, 0.25) is 0 Å². The van der Waals surface area contributed by atoms with Gasteiger partial charge in [-0.15, -0.1) is 0 Å². The van der Waals surface area contributed by atoms with E-state index in [4.69, 9.17) is 9.84 Å². The highest BCUT2D eigenvalue weighted by Crippen LogP contribution is 2.44. The number of benzene rings is 3. The minimum Gasteiger partial charge on any atom is -0.507 e. The van der Waals surface area contributed by atoms with Crippen LogP contribution in [0.5, 0.6) is 5.75 Å². The number of aliphatic hydroxyl groups is 2. The summed E-state index contributed by atoms with van der Waals surface area (Å²) in [6.07, 6.45) is -3.64. The van der Waals surface area contributed by atoms with Gasteiger partial charge in [0.1, 0.15) is 30.1 Å². The molecular weight excluding hydrogens is 426 g/mol. The van der Waals surface area contributed by atoms with Crippen LogP contribution in [0.3, 0.4) is 0 Å². The Bertz CT molecular complexity index is 1150. The lowest BCUT2D eigenvalue weighted by molar-refractivity contribution is 0.0184. The van der Waals surface area contributed by atoms with Crippen LogP contribution in [0.25, 0.3) is 11.1 Å². The molecule has 3 aromatic carbocycles. The highest BCUT2D eigenvalue weighted by molar-refractivity contribution is 5.91. The zero-order chi connectivity index (χ0) is 23.5. The molecule has 33 heavy (non-hydrogen) atoms. The molecule has 0 saturated heterocycles. The minimum absolute atomic E-state index is 0.0898. The molecule has 8 heteroatoms. The van der Waals surface area contributed by atoms with E-state index in [0.29, 0.717) is 0 Å². The zero-order valence-electron chi connectivity index (χ0n) is 17.5. The summed E-state index contributed by atoms with van der Waals surface area (Å²) in [6, 6.07) is 19.4. The molecule has 4 rings (SSSR count). The van der Waals surface area contributed by atoms with E-state index in [1.807, 2.05) is 48.5 Å². The molecule has 1 aliphatic carbocycles. The smallest absolute Gasteiger partial charge is 0.407 e. The topological polar surface area (TPSA) is 136 Å². The van der Waals surface area contributed by atoms with E-state index in [1.54, 1.807) is 0 Å². The fraction of sp³-hybridized carbons (Fsp3) is 0.200. The quantitative estimate of drug-likeness (QED) is 0.374. The molecule has 0 aliphatic heterocycles. The predicted octanol–water partition coefficient (Wildman–Crippen LogP) is 3.02. The molecule has 8 nitrogen and oxygen atoms in total. The molecule has 3 aromatic rings. The molecular formula is C25H23NO7. The lowest BCUT2D eigenvalue weighted by atomic mass is 9.98. The third-order valence-corrected chi connectivity index (χ3v) is 5.76. The summed E-state index contributed by atoms with van der Waals surface area (Å²) >= 11 is 0. The first-order valence-electron chi connectivity index (χ1n) is 10.4. The Morgan fingerprint density at radius 2 is 1.55 bits per heavy atom. The summed E-state index contributed by atoms with van der Waals surface area (Å²) in [5.41, 5.74) is 4.05. The number of rotatable bonds is 7. The first-order chi connectivity index (χ1) is 15.9. The second-order valence-corrected chi connectivity index (χ2v) is 7.80. The van der Waals surface area contributed by atoms with Crippen molar-refractivity contribution in [2.75, 3.05) is 13.2 Å². The second-order valence-electron chi connectivity index (χ2n) is 7.80. The Balaban J connectivity index is 1.35. The number of carboxylic acid groups (broad SMARTS) is 1. The molecule has 2 unspecified atom stereocenters. The van der Waals surface area contributed by atoms with Crippen molar-refractivity contribution in [1.29, 1.82) is 0 Å². The number of carbonyl (C=O) groups is 2. The molecule has 0 bridgehead atoms. The van der Waals surface area contributed by atoms with E-state index in [2.05, 4.69) is 5.32 Å². The van der Waals surface area contributed by atoms with Gasteiger partial charge in [0.25, 0.3) is 0 Å². The Morgan fingerprint density at radius 1 is 0.939 bits per heavy atom.